The van der Waals surface area contributed by atoms with E-state index in [9.17, 15) is 4.79 Å². The monoisotopic (exact) mass is 152 g/mol. The Morgan fingerprint density at radius 3 is 2.73 bits per heavy atom. The molecule has 0 bridgehead atoms. The molecule has 1 nitrogen and oxygen atoms in total. The predicted octanol–water partition coefficient (Wildman–Crippen LogP) is 2.57. The van der Waals surface area contributed by atoms with E-state index in [0.717, 1.165) is 19.1 Å². The molecular weight excluding hydrogens is 136 g/mol. The lowest BCUT2D eigenvalue weighted by Crippen LogP contribution is -2.19. The highest BCUT2D eigenvalue weighted by atomic mass is 16.1. The molecule has 11 heavy (non-hydrogen) atoms. The second kappa shape index (κ2) is 4.32. The molecule has 2 atom stereocenters. The zero-order valence-corrected chi connectivity index (χ0v) is 6.96. The van der Waals surface area contributed by atoms with Gasteiger partial charge in [0.25, 0.3) is 0 Å². The van der Waals surface area contributed by atoms with E-state index in [2.05, 4.69) is 6.58 Å². The van der Waals surface area contributed by atoms with E-state index in [4.69, 9.17) is 0 Å². The molecule has 0 aromatic rings. The minimum Gasteiger partial charge on any atom is -0.303 e. The summed E-state index contributed by atoms with van der Waals surface area (Å²) in [7, 11) is 0. The average molecular weight is 152 g/mol. The normalized spacial score (nSPS) is 31.3. The first kappa shape index (κ1) is 8.51. The van der Waals surface area contributed by atoms with Crippen LogP contribution in [-0.4, -0.2) is 6.29 Å². The van der Waals surface area contributed by atoms with Gasteiger partial charge in [0.1, 0.15) is 6.29 Å². The van der Waals surface area contributed by atoms with Crippen molar-refractivity contribution in [3.8, 4) is 0 Å². The Hall–Kier alpha value is -0.590. The zero-order chi connectivity index (χ0) is 8.10. The SMILES string of the molecule is C=CCC1CCCCC1C=O. The van der Waals surface area contributed by atoms with Crippen molar-refractivity contribution in [3.05, 3.63) is 12.7 Å². The Morgan fingerprint density at radius 2 is 2.09 bits per heavy atom. The van der Waals surface area contributed by atoms with Crippen molar-refractivity contribution in [2.24, 2.45) is 11.8 Å². The maximum Gasteiger partial charge on any atom is 0.123 e. The molecule has 2 unspecified atom stereocenters. The quantitative estimate of drug-likeness (QED) is 0.448. The molecule has 0 aliphatic heterocycles. The lowest BCUT2D eigenvalue weighted by Gasteiger charge is -2.26. The first-order valence-corrected chi connectivity index (χ1v) is 4.44. The molecule has 0 heterocycles. The second-order valence-corrected chi connectivity index (χ2v) is 3.37. The molecule has 1 aliphatic rings. The third-order valence-electron chi connectivity index (χ3n) is 2.61. The van der Waals surface area contributed by atoms with Gasteiger partial charge in [-0.1, -0.05) is 18.9 Å². The summed E-state index contributed by atoms with van der Waals surface area (Å²) in [5, 5.41) is 0. The van der Waals surface area contributed by atoms with Crippen LogP contribution in [0.25, 0.3) is 0 Å². The molecule has 0 spiro atoms. The largest absolute Gasteiger partial charge is 0.303 e. The van der Waals surface area contributed by atoms with Gasteiger partial charge in [-0.2, -0.15) is 0 Å². The van der Waals surface area contributed by atoms with Gasteiger partial charge in [-0.05, 0) is 25.2 Å². The summed E-state index contributed by atoms with van der Waals surface area (Å²) in [6, 6.07) is 0. The van der Waals surface area contributed by atoms with E-state index in [1.54, 1.807) is 0 Å². The van der Waals surface area contributed by atoms with Crippen LogP contribution in [0.15, 0.2) is 12.7 Å². The zero-order valence-electron chi connectivity index (χ0n) is 6.96. The first-order chi connectivity index (χ1) is 5.38. The molecule has 0 radical (unpaired) electrons. The Morgan fingerprint density at radius 1 is 1.36 bits per heavy atom. The van der Waals surface area contributed by atoms with Crippen molar-refractivity contribution in [1.29, 1.82) is 0 Å². The van der Waals surface area contributed by atoms with Crippen molar-refractivity contribution in [2.45, 2.75) is 32.1 Å². The minimum atomic E-state index is 0.321. The van der Waals surface area contributed by atoms with Crippen LogP contribution in [0.2, 0.25) is 0 Å². The lowest BCUT2D eigenvalue weighted by molar-refractivity contribution is -0.113. The van der Waals surface area contributed by atoms with Crippen molar-refractivity contribution >= 4 is 6.29 Å². The highest BCUT2D eigenvalue weighted by molar-refractivity contribution is 5.54. The van der Waals surface area contributed by atoms with Crippen molar-refractivity contribution in [1.82, 2.24) is 0 Å². The Balaban J connectivity index is 2.43. The van der Waals surface area contributed by atoms with E-state index >= 15 is 0 Å². The number of carbonyl (C=O) groups excluding carboxylic acids is 1. The smallest absolute Gasteiger partial charge is 0.123 e. The van der Waals surface area contributed by atoms with Crippen LogP contribution in [0.5, 0.6) is 0 Å². The topological polar surface area (TPSA) is 17.1 Å². The molecule has 0 saturated heterocycles. The van der Waals surface area contributed by atoms with E-state index < -0.39 is 0 Å². The molecule has 0 amide bonds. The summed E-state index contributed by atoms with van der Waals surface area (Å²) >= 11 is 0. The lowest BCUT2D eigenvalue weighted by atomic mass is 9.78. The van der Waals surface area contributed by atoms with E-state index in [0.29, 0.717) is 11.8 Å². The van der Waals surface area contributed by atoms with Crippen LogP contribution in [-0.2, 0) is 4.79 Å². The highest BCUT2D eigenvalue weighted by Crippen LogP contribution is 2.30. The number of hydrogen-bond donors (Lipinski definition) is 0. The summed E-state index contributed by atoms with van der Waals surface area (Å²) in [6.07, 6.45) is 8.93. The van der Waals surface area contributed by atoms with Crippen molar-refractivity contribution < 1.29 is 4.79 Å². The maximum absolute atomic E-state index is 10.6. The molecule has 0 aromatic carbocycles. The summed E-state index contributed by atoms with van der Waals surface area (Å²) in [6.45, 7) is 3.71. The molecule has 1 fully saturated rings. The number of hydrogen-bond acceptors (Lipinski definition) is 1. The highest BCUT2D eigenvalue weighted by Gasteiger charge is 2.22. The number of aldehydes is 1. The number of carbonyl (C=O) groups is 1. The van der Waals surface area contributed by atoms with Gasteiger partial charge in [0.15, 0.2) is 0 Å². The molecule has 1 heteroatoms. The fraction of sp³-hybridized carbons (Fsp3) is 0.700. The molecule has 0 aromatic heterocycles. The van der Waals surface area contributed by atoms with Gasteiger partial charge in [0.05, 0.1) is 0 Å². The minimum absolute atomic E-state index is 0.321. The standard InChI is InChI=1S/C10H16O/c1-2-5-9-6-3-4-7-10(9)8-11/h2,8-10H,1,3-7H2. The fourth-order valence-corrected chi connectivity index (χ4v) is 1.92. The molecular formula is C10H16O. The van der Waals surface area contributed by atoms with Crippen molar-refractivity contribution in [2.75, 3.05) is 0 Å². The molecule has 0 N–H and O–H groups in total. The average Bonchev–Trinajstić information content (AvgIpc) is 2.06. The van der Waals surface area contributed by atoms with Gasteiger partial charge in [0.2, 0.25) is 0 Å². The fourth-order valence-electron chi connectivity index (χ4n) is 1.92. The van der Waals surface area contributed by atoms with Crippen molar-refractivity contribution in [3.63, 3.8) is 0 Å². The van der Waals surface area contributed by atoms with Gasteiger partial charge >= 0.3 is 0 Å². The second-order valence-electron chi connectivity index (χ2n) is 3.37. The van der Waals surface area contributed by atoms with E-state index in [1.165, 1.54) is 19.3 Å². The summed E-state index contributed by atoms with van der Waals surface area (Å²) in [5.74, 6) is 0.917. The van der Waals surface area contributed by atoms with Crippen LogP contribution in [0.3, 0.4) is 0 Å². The first-order valence-electron chi connectivity index (χ1n) is 4.44. The third kappa shape index (κ3) is 2.18. The summed E-state index contributed by atoms with van der Waals surface area (Å²) in [5.41, 5.74) is 0. The molecule has 1 aliphatic carbocycles. The van der Waals surface area contributed by atoms with E-state index in [-0.39, 0.29) is 0 Å². The Bertz CT molecular complexity index is 140. The predicted molar refractivity (Wildman–Crippen MR) is 46.3 cm³/mol. The van der Waals surface area contributed by atoms with Crippen LogP contribution >= 0.6 is 0 Å². The molecule has 1 rings (SSSR count). The van der Waals surface area contributed by atoms with Crippen LogP contribution in [0.1, 0.15) is 32.1 Å². The van der Waals surface area contributed by atoms with Gasteiger partial charge in [-0.3, -0.25) is 0 Å². The summed E-state index contributed by atoms with van der Waals surface area (Å²) in [4.78, 5) is 10.6. The van der Waals surface area contributed by atoms with Gasteiger partial charge < -0.3 is 4.79 Å². The maximum atomic E-state index is 10.6. The van der Waals surface area contributed by atoms with Crippen LogP contribution in [0.4, 0.5) is 0 Å². The van der Waals surface area contributed by atoms with Gasteiger partial charge in [0, 0.05) is 5.92 Å². The van der Waals surface area contributed by atoms with Gasteiger partial charge in [-0.25, -0.2) is 0 Å². The molecule has 1 saturated carbocycles. The van der Waals surface area contributed by atoms with E-state index in [1.807, 2.05) is 6.08 Å². The van der Waals surface area contributed by atoms with Crippen LogP contribution in [0, 0.1) is 11.8 Å². The number of allylic oxidation sites excluding steroid dienone is 1. The van der Waals surface area contributed by atoms with Crippen LogP contribution < -0.4 is 0 Å². The third-order valence-corrected chi connectivity index (χ3v) is 2.61. The van der Waals surface area contributed by atoms with Gasteiger partial charge in [-0.15, -0.1) is 6.58 Å². The summed E-state index contributed by atoms with van der Waals surface area (Å²) < 4.78 is 0. The molecule has 62 valence electrons. The Kier molecular flexibility index (Phi) is 3.34. The number of rotatable bonds is 3. The Labute approximate surface area is 68.5 Å².